The van der Waals surface area contributed by atoms with Gasteiger partial charge in [-0.05, 0) is 65.5 Å². The molecular formula is C31H29ClN6O5S. The molecule has 11 nitrogen and oxygen atoms in total. The van der Waals surface area contributed by atoms with Gasteiger partial charge in [0.25, 0.3) is 11.8 Å². The molecular weight excluding hydrogens is 604 g/mol. The van der Waals surface area contributed by atoms with E-state index in [1.807, 2.05) is 16.3 Å². The molecule has 1 aliphatic heterocycles. The first-order valence-electron chi connectivity index (χ1n) is 13.7. The topological polar surface area (TPSA) is 144 Å². The van der Waals surface area contributed by atoms with Gasteiger partial charge in [-0.3, -0.25) is 19.4 Å². The molecule has 0 radical (unpaired) electrons. The van der Waals surface area contributed by atoms with Crippen LogP contribution in [0.1, 0.15) is 38.1 Å². The maximum absolute atomic E-state index is 13.4. The smallest absolute Gasteiger partial charge is 0.323 e. The predicted molar refractivity (Wildman–Crippen MR) is 170 cm³/mol. The lowest BCUT2D eigenvalue weighted by Gasteiger charge is -2.37. The number of nitrogens with zero attached hydrogens (tertiary/aromatic N) is 3. The first-order chi connectivity index (χ1) is 21.3. The number of carboxylic acid groups (broad SMARTS) is 1. The third-order valence-electron chi connectivity index (χ3n) is 7.02. The number of hydrogen-bond donors (Lipinski definition) is 4. The predicted octanol–water partition coefficient (Wildman–Crippen LogP) is 5.35. The zero-order valence-electron chi connectivity index (χ0n) is 23.4. The number of pyridine rings is 1. The number of benzene rings is 2. The van der Waals surface area contributed by atoms with Crippen molar-refractivity contribution in [3.05, 3.63) is 106 Å². The second-order valence-corrected chi connectivity index (χ2v) is 11.4. The van der Waals surface area contributed by atoms with Gasteiger partial charge in [-0.25, -0.2) is 4.79 Å². The van der Waals surface area contributed by atoms with E-state index in [0.717, 1.165) is 0 Å². The lowest BCUT2D eigenvalue weighted by Crippen LogP contribution is -2.48. The molecule has 44 heavy (non-hydrogen) atoms. The van der Waals surface area contributed by atoms with E-state index < -0.39 is 23.9 Å². The Bertz CT molecular complexity index is 1630. The van der Waals surface area contributed by atoms with Gasteiger partial charge in [-0.1, -0.05) is 23.7 Å². The van der Waals surface area contributed by atoms with Gasteiger partial charge < -0.3 is 30.9 Å². The molecule has 0 bridgehead atoms. The van der Waals surface area contributed by atoms with Crippen LogP contribution in [-0.2, 0) is 4.79 Å². The van der Waals surface area contributed by atoms with Gasteiger partial charge >= 0.3 is 12.0 Å². The number of carboxylic acids is 1. The molecule has 1 aliphatic rings. The van der Waals surface area contributed by atoms with Gasteiger partial charge in [0.05, 0.1) is 28.7 Å². The molecule has 1 fully saturated rings. The number of anilines is 3. The second-order valence-electron chi connectivity index (χ2n) is 9.98. The number of thiophene rings is 1. The SMILES string of the molecule is O=C(O)CC(NC(=O)c1ccc(N2CCN(C(=O)c3cccs3)CC2)c(NC(=O)Nc2ccc(Cl)cc2)c1)c1cccnc1. The summed E-state index contributed by atoms with van der Waals surface area (Å²) < 4.78 is 0. The van der Waals surface area contributed by atoms with E-state index in [-0.39, 0.29) is 17.9 Å². The maximum atomic E-state index is 13.4. The second kappa shape index (κ2) is 14.0. The van der Waals surface area contributed by atoms with Gasteiger partial charge in [0.15, 0.2) is 0 Å². The number of halogens is 1. The van der Waals surface area contributed by atoms with Crippen molar-refractivity contribution in [3.63, 3.8) is 0 Å². The fourth-order valence-corrected chi connectivity index (χ4v) is 5.64. The van der Waals surface area contributed by atoms with Crippen molar-refractivity contribution in [3.8, 4) is 0 Å². The van der Waals surface area contributed by atoms with Gasteiger partial charge in [0.2, 0.25) is 0 Å². The molecule has 4 N–H and O–H groups in total. The van der Waals surface area contributed by atoms with Crippen LogP contribution in [0.2, 0.25) is 5.02 Å². The number of aliphatic carboxylic acids is 1. The van der Waals surface area contributed by atoms with Crippen molar-refractivity contribution in [2.75, 3.05) is 41.7 Å². The Kier molecular flexibility index (Phi) is 9.72. The van der Waals surface area contributed by atoms with E-state index in [2.05, 4.69) is 20.9 Å². The molecule has 0 aliphatic carbocycles. The molecule has 4 amide bonds. The Labute approximate surface area is 262 Å². The average molecular weight is 633 g/mol. The van der Waals surface area contributed by atoms with Gasteiger partial charge in [-0.2, -0.15) is 0 Å². The molecule has 0 saturated carbocycles. The first-order valence-corrected chi connectivity index (χ1v) is 15.0. The minimum Gasteiger partial charge on any atom is -0.481 e. The van der Waals surface area contributed by atoms with Crippen LogP contribution in [0.5, 0.6) is 0 Å². The summed E-state index contributed by atoms with van der Waals surface area (Å²) in [6.07, 6.45) is 2.74. The number of piperazine rings is 1. The van der Waals surface area contributed by atoms with Crippen LogP contribution in [0.25, 0.3) is 0 Å². The third kappa shape index (κ3) is 7.71. The Hall–Kier alpha value is -4.94. The normalized spacial score (nSPS) is 13.6. The molecule has 3 heterocycles. The summed E-state index contributed by atoms with van der Waals surface area (Å²) in [5, 5.41) is 20.2. The molecule has 13 heteroatoms. The number of amides is 4. The number of nitrogens with one attached hydrogen (secondary N) is 3. The summed E-state index contributed by atoms with van der Waals surface area (Å²) in [4.78, 5) is 59.3. The molecule has 5 rings (SSSR count). The molecule has 0 spiro atoms. The zero-order valence-corrected chi connectivity index (χ0v) is 25.0. The minimum absolute atomic E-state index is 0.0168. The Balaban J connectivity index is 1.37. The number of urea groups is 1. The summed E-state index contributed by atoms with van der Waals surface area (Å²) >= 11 is 7.36. The highest BCUT2D eigenvalue weighted by molar-refractivity contribution is 7.12. The summed E-state index contributed by atoms with van der Waals surface area (Å²) in [6, 6.07) is 17.2. The highest BCUT2D eigenvalue weighted by Gasteiger charge is 2.26. The van der Waals surface area contributed by atoms with E-state index in [1.165, 1.54) is 17.5 Å². The van der Waals surface area contributed by atoms with Gasteiger partial charge in [0, 0.05) is 54.8 Å². The monoisotopic (exact) mass is 632 g/mol. The summed E-state index contributed by atoms with van der Waals surface area (Å²) in [5.74, 6) is -1.61. The lowest BCUT2D eigenvalue weighted by atomic mass is 10.0. The number of aromatic nitrogens is 1. The van der Waals surface area contributed by atoms with Gasteiger partial charge in [-0.15, -0.1) is 11.3 Å². The summed E-state index contributed by atoms with van der Waals surface area (Å²) in [7, 11) is 0. The molecule has 4 aromatic rings. The Morgan fingerprint density at radius 3 is 2.39 bits per heavy atom. The van der Waals surface area contributed by atoms with Crippen LogP contribution < -0.4 is 20.9 Å². The largest absolute Gasteiger partial charge is 0.481 e. The Morgan fingerprint density at radius 1 is 0.955 bits per heavy atom. The summed E-state index contributed by atoms with van der Waals surface area (Å²) in [5.41, 5.74) is 2.34. The van der Waals surface area contributed by atoms with Crippen molar-refractivity contribution in [1.82, 2.24) is 15.2 Å². The number of carbonyl (C=O) groups excluding carboxylic acids is 3. The van der Waals surface area contributed by atoms with Crippen molar-refractivity contribution in [2.24, 2.45) is 0 Å². The fraction of sp³-hybridized carbons (Fsp3) is 0.194. The van der Waals surface area contributed by atoms with Crippen molar-refractivity contribution < 1.29 is 24.3 Å². The third-order valence-corrected chi connectivity index (χ3v) is 8.13. The quantitative estimate of drug-likeness (QED) is 0.195. The number of rotatable bonds is 9. The zero-order chi connectivity index (χ0) is 31.1. The van der Waals surface area contributed by atoms with E-state index in [4.69, 9.17) is 11.6 Å². The maximum Gasteiger partial charge on any atom is 0.323 e. The van der Waals surface area contributed by atoms with E-state index in [0.29, 0.717) is 58.7 Å². The van der Waals surface area contributed by atoms with Crippen molar-refractivity contribution in [2.45, 2.75) is 12.5 Å². The lowest BCUT2D eigenvalue weighted by molar-refractivity contribution is -0.137. The van der Waals surface area contributed by atoms with E-state index in [9.17, 15) is 24.3 Å². The molecule has 2 aromatic carbocycles. The molecule has 1 unspecified atom stereocenters. The fourth-order valence-electron chi connectivity index (χ4n) is 4.83. The van der Waals surface area contributed by atoms with Crippen molar-refractivity contribution >= 4 is 63.8 Å². The number of hydrogen-bond acceptors (Lipinski definition) is 7. The highest BCUT2D eigenvalue weighted by atomic mass is 35.5. The van der Waals surface area contributed by atoms with Crippen LogP contribution >= 0.6 is 22.9 Å². The van der Waals surface area contributed by atoms with E-state index >= 15 is 0 Å². The van der Waals surface area contributed by atoms with Crippen LogP contribution in [0.3, 0.4) is 0 Å². The minimum atomic E-state index is -1.08. The first kappa shape index (κ1) is 30.5. The standard InChI is InChI=1S/C31H29ClN6O5S/c32-22-6-8-23(9-7-22)34-31(43)36-25-17-20(29(41)35-24(18-28(39)40)21-3-1-11-33-19-21)5-10-26(25)37-12-14-38(15-13-37)30(42)27-4-2-16-44-27/h1-11,16-17,19,24H,12-15,18H2,(H,35,41)(H,39,40)(H2,34,36,43). The number of carbonyl (C=O) groups is 4. The molecule has 1 saturated heterocycles. The van der Waals surface area contributed by atoms with Crippen LogP contribution in [-0.4, -0.2) is 65.0 Å². The molecule has 2 aromatic heterocycles. The van der Waals surface area contributed by atoms with Crippen molar-refractivity contribution in [1.29, 1.82) is 0 Å². The van der Waals surface area contributed by atoms with Gasteiger partial charge in [0.1, 0.15) is 0 Å². The summed E-state index contributed by atoms with van der Waals surface area (Å²) in [6.45, 7) is 1.99. The van der Waals surface area contributed by atoms with Crippen LogP contribution in [0.4, 0.5) is 21.9 Å². The van der Waals surface area contributed by atoms with E-state index in [1.54, 1.807) is 71.8 Å². The molecule has 226 valence electrons. The highest BCUT2D eigenvalue weighted by Crippen LogP contribution is 2.30. The van der Waals surface area contributed by atoms with Crippen LogP contribution in [0.15, 0.2) is 84.5 Å². The van der Waals surface area contributed by atoms with Crippen LogP contribution in [0, 0.1) is 0 Å². The average Bonchev–Trinajstić information content (AvgIpc) is 3.57. The molecule has 1 atom stereocenters. The Morgan fingerprint density at radius 2 is 1.73 bits per heavy atom.